The summed E-state index contributed by atoms with van der Waals surface area (Å²) in [4.78, 5) is 34.2. The Morgan fingerprint density at radius 1 is 1.45 bits per heavy atom. The fourth-order valence-corrected chi connectivity index (χ4v) is 2.11. The SMILES string of the molecule is CCCC(CNC(=O)Cn1cc(Br)ccc1=O)C(=O)O. The van der Waals surface area contributed by atoms with Crippen LogP contribution in [0.2, 0.25) is 0 Å². The van der Waals surface area contributed by atoms with Crippen molar-refractivity contribution in [2.45, 2.75) is 26.3 Å². The van der Waals surface area contributed by atoms with Gasteiger partial charge < -0.3 is 15.0 Å². The van der Waals surface area contributed by atoms with Crippen LogP contribution in [0.3, 0.4) is 0 Å². The lowest BCUT2D eigenvalue weighted by atomic mass is 10.0. The van der Waals surface area contributed by atoms with Crippen LogP contribution in [-0.4, -0.2) is 28.1 Å². The van der Waals surface area contributed by atoms with Crippen LogP contribution in [-0.2, 0) is 16.1 Å². The van der Waals surface area contributed by atoms with Crippen LogP contribution in [0.4, 0.5) is 0 Å². The third-order valence-corrected chi connectivity index (χ3v) is 3.26. The highest BCUT2D eigenvalue weighted by Crippen LogP contribution is 2.06. The maximum Gasteiger partial charge on any atom is 0.308 e. The van der Waals surface area contributed by atoms with Crippen LogP contribution < -0.4 is 10.9 Å². The third-order valence-electron chi connectivity index (χ3n) is 2.79. The fourth-order valence-electron chi connectivity index (χ4n) is 1.73. The molecule has 1 rings (SSSR count). The molecule has 0 saturated heterocycles. The highest BCUT2D eigenvalue weighted by Gasteiger charge is 2.17. The van der Waals surface area contributed by atoms with Gasteiger partial charge in [-0.05, 0) is 28.4 Å². The number of aliphatic carboxylic acids is 1. The van der Waals surface area contributed by atoms with Crippen molar-refractivity contribution < 1.29 is 14.7 Å². The zero-order chi connectivity index (χ0) is 15.1. The Balaban J connectivity index is 2.57. The summed E-state index contributed by atoms with van der Waals surface area (Å²) in [6.45, 7) is 1.83. The maximum atomic E-state index is 11.7. The predicted molar refractivity (Wildman–Crippen MR) is 77.4 cm³/mol. The van der Waals surface area contributed by atoms with Crippen molar-refractivity contribution in [1.29, 1.82) is 0 Å². The van der Waals surface area contributed by atoms with Crippen LogP contribution in [0.15, 0.2) is 27.6 Å². The Kier molecular flexibility index (Phi) is 6.44. The summed E-state index contributed by atoms with van der Waals surface area (Å²) < 4.78 is 1.95. The summed E-state index contributed by atoms with van der Waals surface area (Å²) in [5, 5.41) is 11.5. The van der Waals surface area contributed by atoms with E-state index >= 15 is 0 Å². The minimum absolute atomic E-state index is 0.0742. The standard InChI is InChI=1S/C13H17BrN2O4/c1-2-3-9(13(19)20)6-15-11(17)8-16-7-10(14)4-5-12(16)18/h4-5,7,9H,2-3,6,8H2,1H3,(H,15,17)(H,19,20). The number of carbonyl (C=O) groups is 2. The first-order valence-corrected chi connectivity index (χ1v) is 7.08. The first-order valence-electron chi connectivity index (χ1n) is 6.29. The van der Waals surface area contributed by atoms with Crippen molar-refractivity contribution in [2.24, 2.45) is 5.92 Å². The number of carboxylic acids is 1. The van der Waals surface area contributed by atoms with Gasteiger partial charge in [0.2, 0.25) is 5.91 Å². The topological polar surface area (TPSA) is 88.4 Å². The van der Waals surface area contributed by atoms with Gasteiger partial charge >= 0.3 is 5.97 Å². The Bertz CT molecular complexity index is 541. The molecule has 0 spiro atoms. The third kappa shape index (κ3) is 5.16. The molecular formula is C13H17BrN2O4. The quantitative estimate of drug-likeness (QED) is 0.778. The van der Waals surface area contributed by atoms with Crippen molar-refractivity contribution in [1.82, 2.24) is 9.88 Å². The molecule has 6 nitrogen and oxygen atoms in total. The van der Waals surface area contributed by atoms with E-state index in [1.165, 1.54) is 16.8 Å². The Labute approximate surface area is 124 Å². The van der Waals surface area contributed by atoms with Crippen molar-refractivity contribution in [3.8, 4) is 0 Å². The van der Waals surface area contributed by atoms with Gasteiger partial charge in [-0.25, -0.2) is 0 Å². The minimum Gasteiger partial charge on any atom is -0.481 e. The molecule has 0 saturated carbocycles. The summed E-state index contributed by atoms with van der Waals surface area (Å²) in [7, 11) is 0. The second kappa shape index (κ2) is 7.84. The number of carboxylic acid groups (broad SMARTS) is 1. The second-order valence-electron chi connectivity index (χ2n) is 4.44. The Morgan fingerprint density at radius 2 is 2.15 bits per heavy atom. The van der Waals surface area contributed by atoms with Gasteiger partial charge in [-0.3, -0.25) is 14.4 Å². The summed E-state index contributed by atoms with van der Waals surface area (Å²) in [6, 6.07) is 2.95. The van der Waals surface area contributed by atoms with Gasteiger partial charge in [-0.2, -0.15) is 0 Å². The smallest absolute Gasteiger partial charge is 0.308 e. The highest BCUT2D eigenvalue weighted by atomic mass is 79.9. The lowest BCUT2D eigenvalue weighted by Crippen LogP contribution is -2.36. The molecule has 7 heteroatoms. The summed E-state index contributed by atoms with van der Waals surface area (Å²) >= 11 is 3.22. The van der Waals surface area contributed by atoms with E-state index in [1.54, 1.807) is 6.07 Å². The minimum atomic E-state index is -0.924. The van der Waals surface area contributed by atoms with Crippen LogP contribution in [0, 0.1) is 5.92 Å². The van der Waals surface area contributed by atoms with E-state index in [4.69, 9.17) is 5.11 Å². The summed E-state index contributed by atoms with van der Waals surface area (Å²) in [6.07, 6.45) is 2.76. The molecule has 0 radical (unpaired) electrons. The van der Waals surface area contributed by atoms with E-state index in [9.17, 15) is 14.4 Å². The molecule has 0 aliphatic rings. The van der Waals surface area contributed by atoms with E-state index in [2.05, 4.69) is 21.2 Å². The molecule has 0 aliphatic carbocycles. The Hall–Kier alpha value is -1.63. The van der Waals surface area contributed by atoms with Gasteiger partial charge in [0, 0.05) is 23.3 Å². The molecule has 1 heterocycles. The van der Waals surface area contributed by atoms with Crippen molar-refractivity contribution in [3.05, 3.63) is 33.2 Å². The molecule has 20 heavy (non-hydrogen) atoms. The molecule has 1 atom stereocenters. The molecule has 1 unspecified atom stereocenters. The summed E-state index contributed by atoms with van der Waals surface area (Å²) in [5.74, 6) is -1.90. The number of aromatic nitrogens is 1. The van der Waals surface area contributed by atoms with Crippen molar-refractivity contribution in [3.63, 3.8) is 0 Å². The number of pyridine rings is 1. The number of hydrogen-bond acceptors (Lipinski definition) is 3. The first-order chi connectivity index (χ1) is 9.43. The number of nitrogens with one attached hydrogen (secondary N) is 1. The van der Waals surface area contributed by atoms with E-state index in [0.717, 1.165) is 6.42 Å². The number of nitrogens with zero attached hydrogens (tertiary/aromatic N) is 1. The molecule has 1 aromatic rings. The average Bonchev–Trinajstić information content (AvgIpc) is 2.38. The highest BCUT2D eigenvalue weighted by molar-refractivity contribution is 9.10. The maximum absolute atomic E-state index is 11.7. The van der Waals surface area contributed by atoms with Crippen molar-refractivity contribution in [2.75, 3.05) is 6.54 Å². The summed E-state index contributed by atoms with van der Waals surface area (Å²) in [5.41, 5.74) is -0.285. The predicted octanol–water partition coefficient (Wildman–Crippen LogP) is 1.23. The molecule has 2 N–H and O–H groups in total. The molecule has 0 bridgehead atoms. The normalized spacial score (nSPS) is 11.9. The number of rotatable bonds is 7. The zero-order valence-corrected chi connectivity index (χ0v) is 12.7. The van der Waals surface area contributed by atoms with E-state index in [1.807, 2.05) is 6.92 Å². The van der Waals surface area contributed by atoms with Crippen LogP contribution in [0.5, 0.6) is 0 Å². The van der Waals surface area contributed by atoms with Gasteiger partial charge in [0.05, 0.1) is 5.92 Å². The lowest BCUT2D eigenvalue weighted by molar-refractivity contribution is -0.141. The number of hydrogen-bond donors (Lipinski definition) is 2. The van der Waals surface area contributed by atoms with Gasteiger partial charge in [-0.15, -0.1) is 0 Å². The first kappa shape index (κ1) is 16.4. The van der Waals surface area contributed by atoms with Crippen LogP contribution in [0.1, 0.15) is 19.8 Å². The van der Waals surface area contributed by atoms with Crippen LogP contribution >= 0.6 is 15.9 Å². The fraction of sp³-hybridized carbons (Fsp3) is 0.462. The molecule has 1 aromatic heterocycles. The van der Waals surface area contributed by atoms with Crippen molar-refractivity contribution >= 4 is 27.8 Å². The lowest BCUT2D eigenvalue weighted by Gasteiger charge is -2.13. The van der Waals surface area contributed by atoms with Crippen LogP contribution in [0.25, 0.3) is 0 Å². The average molecular weight is 345 g/mol. The molecule has 0 aliphatic heterocycles. The van der Waals surface area contributed by atoms with E-state index < -0.39 is 11.9 Å². The largest absolute Gasteiger partial charge is 0.481 e. The number of halogens is 1. The number of carbonyl (C=O) groups excluding carboxylic acids is 1. The van der Waals surface area contributed by atoms with Gasteiger partial charge in [0.15, 0.2) is 0 Å². The Morgan fingerprint density at radius 3 is 2.75 bits per heavy atom. The van der Waals surface area contributed by atoms with Gasteiger partial charge in [0.1, 0.15) is 6.54 Å². The second-order valence-corrected chi connectivity index (χ2v) is 5.36. The molecular weight excluding hydrogens is 328 g/mol. The molecule has 0 aromatic carbocycles. The molecule has 110 valence electrons. The monoisotopic (exact) mass is 344 g/mol. The van der Waals surface area contributed by atoms with E-state index in [0.29, 0.717) is 10.9 Å². The van der Waals surface area contributed by atoms with Gasteiger partial charge in [0.25, 0.3) is 5.56 Å². The number of amides is 1. The molecule has 1 amide bonds. The van der Waals surface area contributed by atoms with Gasteiger partial charge in [-0.1, -0.05) is 13.3 Å². The van der Waals surface area contributed by atoms with E-state index in [-0.39, 0.29) is 24.6 Å². The molecule has 0 fully saturated rings. The zero-order valence-electron chi connectivity index (χ0n) is 11.1.